The van der Waals surface area contributed by atoms with E-state index in [0.717, 1.165) is 29.4 Å². The van der Waals surface area contributed by atoms with Crippen molar-refractivity contribution in [2.45, 2.75) is 72.1 Å². The molecule has 4 heterocycles. The number of hydrogen-bond donors (Lipinski definition) is 1. The first-order chi connectivity index (χ1) is 19.7. The fraction of sp³-hybridized carbons (Fsp3) is 0.433. The number of aromatic nitrogens is 3. The molecule has 0 unspecified atom stereocenters. The molecule has 0 spiro atoms. The quantitative estimate of drug-likeness (QED) is 0.230. The van der Waals surface area contributed by atoms with Crippen molar-refractivity contribution < 1.29 is 23.1 Å². The number of nitrogen functional groups attached to an aromatic ring is 1. The number of ether oxygens (including phenoxy) is 2. The largest absolute Gasteiger partial charge is 0.484 e. The molecule has 226 valence electrons. The predicted octanol–water partition coefficient (Wildman–Crippen LogP) is 8.07. The molecule has 12 heteroatoms. The second-order valence-electron chi connectivity index (χ2n) is 11.4. The first-order valence-electron chi connectivity index (χ1n) is 13.7. The van der Waals surface area contributed by atoms with Gasteiger partial charge in [0.2, 0.25) is 5.75 Å². The Morgan fingerprint density at radius 3 is 2.50 bits per heavy atom. The average Bonchev–Trinajstić information content (AvgIpc) is 3.58. The van der Waals surface area contributed by atoms with Gasteiger partial charge in [-0.2, -0.15) is 5.10 Å². The number of nitrogens with zero attached hydrogens (tertiary/aromatic N) is 4. The summed E-state index contributed by atoms with van der Waals surface area (Å²) in [6.45, 7) is 12.5. The highest BCUT2D eigenvalue weighted by Crippen LogP contribution is 2.38. The monoisotopic (exact) mass is 619 g/mol. The minimum Gasteiger partial charge on any atom is -0.484 e. The first kappa shape index (κ1) is 31.4. The Morgan fingerprint density at radius 1 is 1.19 bits per heavy atom. The Kier molecular flexibility index (Phi) is 9.57. The maximum absolute atomic E-state index is 12.6. The number of carbonyl (C=O) groups excluding carboxylic acids is 1. The summed E-state index contributed by atoms with van der Waals surface area (Å²) in [6.07, 6.45) is 8.55. The predicted molar refractivity (Wildman–Crippen MR) is 163 cm³/mol. The van der Waals surface area contributed by atoms with Gasteiger partial charge in [0, 0.05) is 41.6 Å². The van der Waals surface area contributed by atoms with E-state index in [0.29, 0.717) is 40.8 Å². The van der Waals surface area contributed by atoms with Crippen LogP contribution in [0.4, 0.5) is 15.0 Å². The summed E-state index contributed by atoms with van der Waals surface area (Å²) in [5.74, 6) is 0.341. The van der Waals surface area contributed by atoms with Gasteiger partial charge in [0.05, 0.1) is 28.8 Å². The summed E-state index contributed by atoms with van der Waals surface area (Å²) >= 11 is 11.2. The van der Waals surface area contributed by atoms with Crippen LogP contribution in [0.2, 0.25) is 10.0 Å². The van der Waals surface area contributed by atoms with Crippen LogP contribution in [-0.4, -0.2) is 50.6 Å². The van der Waals surface area contributed by atoms with Crippen LogP contribution in [0.3, 0.4) is 0 Å². The van der Waals surface area contributed by atoms with Gasteiger partial charge in [-0.1, -0.05) is 23.2 Å². The van der Waals surface area contributed by atoms with Crippen LogP contribution in [-0.2, 0) is 4.74 Å². The van der Waals surface area contributed by atoms with Crippen LogP contribution < -0.4 is 10.5 Å². The van der Waals surface area contributed by atoms with Crippen molar-refractivity contribution in [3.63, 3.8) is 0 Å². The van der Waals surface area contributed by atoms with Gasteiger partial charge in [-0.15, -0.1) is 0 Å². The standard InChI is InChI=1S/C23H31N5O4.C7H5Cl2F/c1-14(2)31-20-19-17(11-25-21(20)24)18(13-30-19)15-10-26-28(12-15)16-6-8-27(9-7-16)22(29)32-23(3,4)5;1-4-5(8)2-3-6(10)7(4)9/h10-14,16H,6-9H2,1-5H3,(H2,24,25);2-3H,1H3. The number of anilines is 1. The van der Waals surface area contributed by atoms with E-state index in [4.69, 9.17) is 42.8 Å². The Bertz CT molecular complexity index is 1530. The summed E-state index contributed by atoms with van der Waals surface area (Å²) in [7, 11) is 0. The van der Waals surface area contributed by atoms with Crippen LogP contribution >= 0.6 is 23.2 Å². The van der Waals surface area contributed by atoms with E-state index in [1.54, 1.807) is 24.3 Å². The van der Waals surface area contributed by atoms with Crippen LogP contribution in [0.1, 0.15) is 59.1 Å². The molecule has 0 bridgehead atoms. The summed E-state index contributed by atoms with van der Waals surface area (Å²) in [5.41, 5.74) is 8.50. The van der Waals surface area contributed by atoms with Gasteiger partial charge < -0.3 is 24.5 Å². The number of halogens is 3. The van der Waals surface area contributed by atoms with Crippen molar-refractivity contribution in [1.29, 1.82) is 0 Å². The fourth-order valence-corrected chi connectivity index (χ4v) is 4.87. The minimum atomic E-state index is -0.488. The Labute approximate surface area is 254 Å². The molecule has 1 fully saturated rings. The molecule has 42 heavy (non-hydrogen) atoms. The third-order valence-electron chi connectivity index (χ3n) is 6.63. The van der Waals surface area contributed by atoms with E-state index in [1.165, 1.54) is 12.1 Å². The number of fused-ring (bicyclic) bond motifs is 1. The smallest absolute Gasteiger partial charge is 0.410 e. The summed E-state index contributed by atoms with van der Waals surface area (Å²) in [4.78, 5) is 18.4. The third-order valence-corrected chi connectivity index (χ3v) is 7.50. The van der Waals surface area contributed by atoms with Crippen molar-refractivity contribution in [2.24, 2.45) is 0 Å². The van der Waals surface area contributed by atoms with E-state index in [-0.39, 0.29) is 23.3 Å². The minimum absolute atomic E-state index is 0.0486. The second kappa shape index (κ2) is 12.8. The van der Waals surface area contributed by atoms with E-state index in [1.807, 2.05) is 51.7 Å². The van der Waals surface area contributed by atoms with Gasteiger partial charge in [0.15, 0.2) is 11.4 Å². The zero-order valence-electron chi connectivity index (χ0n) is 24.6. The van der Waals surface area contributed by atoms with E-state index >= 15 is 0 Å². The number of nitrogens with two attached hydrogens (primary N) is 1. The Hall–Kier alpha value is -3.50. The molecule has 0 aliphatic carbocycles. The molecule has 1 amide bonds. The number of carbonyl (C=O) groups is 1. The van der Waals surface area contributed by atoms with Crippen molar-refractivity contribution in [2.75, 3.05) is 18.8 Å². The normalized spacial score (nSPS) is 14.2. The van der Waals surface area contributed by atoms with Gasteiger partial charge in [0.25, 0.3) is 0 Å². The highest BCUT2D eigenvalue weighted by Gasteiger charge is 2.28. The van der Waals surface area contributed by atoms with Crippen LogP contribution in [0.5, 0.6) is 5.75 Å². The number of hydrogen-bond acceptors (Lipinski definition) is 7. The lowest BCUT2D eigenvalue weighted by molar-refractivity contribution is 0.0184. The maximum atomic E-state index is 12.6. The molecule has 9 nitrogen and oxygen atoms in total. The maximum Gasteiger partial charge on any atom is 0.410 e. The molecule has 2 N–H and O–H groups in total. The SMILES string of the molecule is CC(C)Oc1c(N)ncc2c(-c3cnn(C4CCN(C(=O)OC(C)(C)C)CC4)c3)coc12.Cc1c(Cl)ccc(F)c1Cl. The molecular weight excluding hydrogens is 584 g/mol. The number of piperidine rings is 1. The molecule has 0 atom stereocenters. The first-order valence-corrected chi connectivity index (χ1v) is 14.5. The lowest BCUT2D eigenvalue weighted by Crippen LogP contribution is -2.42. The van der Waals surface area contributed by atoms with E-state index in [2.05, 4.69) is 10.1 Å². The molecule has 0 radical (unpaired) electrons. The molecule has 0 saturated carbocycles. The number of rotatable bonds is 4. The molecule has 1 aliphatic heterocycles. The van der Waals surface area contributed by atoms with Gasteiger partial charge in [-0.05, 0) is 72.1 Å². The third kappa shape index (κ3) is 7.28. The lowest BCUT2D eigenvalue weighted by Gasteiger charge is -2.33. The van der Waals surface area contributed by atoms with Crippen LogP contribution in [0.15, 0.2) is 41.4 Å². The zero-order valence-corrected chi connectivity index (χ0v) is 26.1. The van der Waals surface area contributed by atoms with Gasteiger partial charge in [-0.3, -0.25) is 4.68 Å². The van der Waals surface area contributed by atoms with Crippen molar-refractivity contribution in [1.82, 2.24) is 19.7 Å². The molecule has 1 saturated heterocycles. The van der Waals surface area contributed by atoms with Gasteiger partial charge in [-0.25, -0.2) is 14.2 Å². The molecule has 1 aromatic carbocycles. The van der Waals surface area contributed by atoms with Crippen molar-refractivity contribution >= 4 is 46.1 Å². The van der Waals surface area contributed by atoms with Crippen LogP contribution in [0.25, 0.3) is 22.1 Å². The molecular formula is C30H36Cl2FN5O4. The second-order valence-corrected chi connectivity index (χ2v) is 12.2. The molecule has 3 aromatic heterocycles. The number of likely N-dealkylation sites (tertiary alicyclic amines) is 1. The summed E-state index contributed by atoms with van der Waals surface area (Å²) in [5, 5.41) is 6.01. The van der Waals surface area contributed by atoms with Gasteiger partial charge >= 0.3 is 6.09 Å². The van der Waals surface area contributed by atoms with E-state index in [9.17, 15) is 9.18 Å². The van der Waals surface area contributed by atoms with Gasteiger partial charge in [0.1, 0.15) is 17.7 Å². The summed E-state index contributed by atoms with van der Waals surface area (Å²) < 4.78 is 31.7. The van der Waals surface area contributed by atoms with Crippen molar-refractivity contribution in [3.8, 4) is 16.9 Å². The topological polar surface area (TPSA) is 109 Å². The van der Waals surface area contributed by atoms with E-state index < -0.39 is 11.4 Å². The highest BCUT2D eigenvalue weighted by atomic mass is 35.5. The fourth-order valence-electron chi connectivity index (χ4n) is 4.50. The molecule has 4 aromatic rings. The summed E-state index contributed by atoms with van der Waals surface area (Å²) in [6, 6.07) is 2.95. The average molecular weight is 621 g/mol. The Balaban J connectivity index is 0.000000343. The van der Waals surface area contributed by atoms with Crippen molar-refractivity contribution in [3.05, 3.63) is 58.4 Å². The lowest BCUT2D eigenvalue weighted by atomic mass is 10.1. The molecule has 5 rings (SSSR count). The zero-order chi connectivity index (χ0) is 30.8. The number of amides is 1. The number of pyridine rings is 1. The number of benzene rings is 1. The number of furan rings is 1. The molecule has 1 aliphatic rings. The highest BCUT2D eigenvalue weighted by molar-refractivity contribution is 6.36. The van der Waals surface area contributed by atoms with Crippen LogP contribution in [0, 0.1) is 12.7 Å². The Morgan fingerprint density at radius 2 is 1.88 bits per heavy atom.